The monoisotopic (exact) mass is 1120 g/mol. The lowest BCUT2D eigenvalue weighted by atomic mass is 9.94. The van der Waals surface area contributed by atoms with E-state index in [4.69, 9.17) is 15.0 Å². The molecule has 0 amide bonds. The van der Waals surface area contributed by atoms with Crippen LogP contribution in [0.1, 0.15) is 0 Å². The molecule has 0 unspecified atom stereocenters. The maximum absolute atomic E-state index is 5.65. The smallest absolute Gasteiger partial charge is 0.240 e. The molecule has 0 fully saturated rings. The van der Waals surface area contributed by atoms with Gasteiger partial charge in [0.05, 0.1) is 44.1 Å². The summed E-state index contributed by atoms with van der Waals surface area (Å²) in [6.45, 7) is 0. The van der Waals surface area contributed by atoms with Crippen molar-refractivity contribution in [3.8, 4) is 79.2 Å². The van der Waals surface area contributed by atoms with E-state index in [0.717, 1.165) is 105 Å². The SMILES string of the molecule is c1ccc(-c2ccccc2-c2cccc(-c3nc(-n4c5ccccc5c5cc(-c6cccc7c6c6ccccc6n7-c6ccccc6)ccc54)nc(-n4c5ccccc5c5cc(-c6cccc7c6c6ccccc6n7-c6ccccc6)ccc54)n3)c2)cc1. The molecule has 0 spiro atoms. The molecule has 0 saturated carbocycles. The average molecular weight is 1120 g/mol. The van der Waals surface area contributed by atoms with Gasteiger partial charge >= 0.3 is 0 Å². The molecule has 0 aliphatic carbocycles. The van der Waals surface area contributed by atoms with Crippen LogP contribution in [0.5, 0.6) is 0 Å². The first-order chi connectivity index (χ1) is 43.7. The zero-order chi connectivity index (χ0) is 57.8. The number of hydrogen-bond acceptors (Lipinski definition) is 3. The van der Waals surface area contributed by atoms with Crippen LogP contribution < -0.4 is 0 Å². The molecular weight excluding hydrogens is 1070 g/mol. The van der Waals surface area contributed by atoms with Crippen molar-refractivity contribution in [3.63, 3.8) is 0 Å². The molecule has 18 rings (SSSR count). The van der Waals surface area contributed by atoms with E-state index in [1.54, 1.807) is 0 Å². The van der Waals surface area contributed by atoms with Crippen LogP contribution in [0.3, 0.4) is 0 Å². The van der Waals surface area contributed by atoms with E-state index in [1.165, 1.54) is 43.7 Å². The molecule has 88 heavy (non-hydrogen) atoms. The number of para-hydroxylation sites is 6. The van der Waals surface area contributed by atoms with Gasteiger partial charge in [-0.15, -0.1) is 0 Å². The van der Waals surface area contributed by atoms with E-state index >= 15 is 0 Å². The predicted molar refractivity (Wildman–Crippen MR) is 364 cm³/mol. The molecule has 0 saturated heterocycles. The fourth-order valence-corrected chi connectivity index (χ4v) is 14.1. The van der Waals surface area contributed by atoms with Crippen LogP contribution in [0.15, 0.2) is 309 Å². The third kappa shape index (κ3) is 7.67. The minimum absolute atomic E-state index is 0.520. The second-order valence-corrected chi connectivity index (χ2v) is 22.7. The van der Waals surface area contributed by atoms with Crippen molar-refractivity contribution < 1.29 is 0 Å². The summed E-state index contributed by atoms with van der Waals surface area (Å²) in [6.07, 6.45) is 0. The van der Waals surface area contributed by atoms with Crippen LogP contribution in [0.2, 0.25) is 0 Å². The maximum atomic E-state index is 5.65. The van der Waals surface area contributed by atoms with Crippen molar-refractivity contribution in [2.24, 2.45) is 0 Å². The van der Waals surface area contributed by atoms with Crippen LogP contribution in [-0.2, 0) is 0 Å². The minimum atomic E-state index is 0.520. The van der Waals surface area contributed by atoms with Crippen molar-refractivity contribution in [3.05, 3.63) is 309 Å². The lowest BCUT2D eigenvalue weighted by Crippen LogP contribution is -2.10. The van der Waals surface area contributed by atoms with Gasteiger partial charge < -0.3 is 9.13 Å². The highest BCUT2D eigenvalue weighted by Crippen LogP contribution is 2.44. The lowest BCUT2D eigenvalue weighted by Gasteiger charge is -2.14. The molecule has 0 atom stereocenters. The Hall–Kier alpha value is -11.9. The second kappa shape index (κ2) is 19.8. The zero-order valence-electron chi connectivity index (χ0n) is 47.6. The molecular formula is C81H51N7. The van der Waals surface area contributed by atoms with Gasteiger partial charge in [0.15, 0.2) is 5.82 Å². The Morgan fingerprint density at radius 1 is 0.193 bits per heavy atom. The summed E-state index contributed by atoms with van der Waals surface area (Å²) in [4.78, 5) is 16.8. The van der Waals surface area contributed by atoms with E-state index in [1.807, 2.05) is 0 Å². The van der Waals surface area contributed by atoms with Crippen LogP contribution in [0.25, 0.3) is 166 Å². The zero-order valence-corrected chi connectivity index (χ0v) is 47.6. The number of aromatic nitrogens is 7. The summed E-state index contributed by atoms with van der Waals surface area (Å²) < 4.78 is 9.24. The standard InChI is InChI=1S/C81H51N7/c1-4-23-52(24-5-1)59-31-10-11-32-60(59)53-25-20-26-56(49-53)79-82-80(87-69-39-16-12-33-63(69)67-50-54(45-47-73(67)87)61-37-21-43-75-77(61)65-35-14-18-41-71(65)85(75)57-27-6-2-7-28-57)84-81(83-79)88-70-40-17-13-34-64(70)68-51-55(46-48-74(68)88)62-38-22-44-76-78(62)66-36-15-19-42-72(66)86(76)58-29-8-3-9-30-58/h1-51H. The summed E-state index contributed by atoms with van der Waals surface area (Å²) >= 11 is 0. The van der Waals surface area contributed by atoms with Crippen molar-refractivity contribution in [1.82, 2.24) is 33.2 Å². The van der Waals surface area contributed by atoms with E-state index in [9.17, 15) is 0 Å². The molecule has 0 aliphatic rings. The van der Waals surface area contributed by atoms with Gasteiger partial charge in [0, 0.05) is 60.0 Å². The van der Waals surface area contributed by atoms with E-state index in [0.29, 0.717) is 17.7 Å². The van der Waals surface area contributed by atoms with Gasteiger partial charge in [-0.25, -0.2) is 0 Å². The Bertz CT molecular complexity index is 5520. The highest BCUT2D eigenvalue weighted by molar-refractivity contribution is 6.19. The van der Waals surface area contributed by atoms with Crippen LogP contribution in [-0.4, -0.2) is 33.2 Å². The van der Waals surface area contributed by atoms with Crippen molar-refractivity contribution >= 4 is 87.2 Å². The number of rotatable bonds is 9. The molecule has 18 aromatic rings. The average Bonchev–Trinajstić information content (AvgIpc) is 2.01. The largest absolute Gasteiger partial charge is 0.309 e. The summed E-state index contributed by atoms with van der Waals surface area (Å²) in [6, 6.07) is 111. The topological polar surface area (TPSA) is 58.4 Å². The molecule has 7 heteroatoms. The molecule has 5 aromatic heterocycles. The Kier molecular flexibility index (Phi) is 11.2. The first-order valence-electron chi connectivity index (χ1n) is 29.9. The molecule has 0 aliphatic heterocycles. The predicted octanol–water partition coefficient (Wildman–Crippen LogP) is 20.6. The van der Waals surface area contributed by atoms with Crippen molar-refractivity contribution in [2.45, 2.75) is 0 Å². The van der Waals surface area contributed by atoms with Crippen molar-refractivity contribution in [1.29, 1.82) is 0 Å². The van der Waals surface area contributed by atoms with Crippen LogP contribution >= 0.6 is 0 Å². The van der Waals surface area contributed by atoms with Gasteiger partial charge in [-0.2, -0.15) is 15.0 Å². The summed E-state index contributed by atoms with van der Waals surface area (Å²) in [5.41, 5.74) is 20.9. The molecule has 7 nitrogen and oxygen atoms in total. The molecule has 0 radical (unpaired) electrons. The Morgan fingerprint density at radius 2 is 0.534 bits per heavy atom. The minimum Gasteiger partial charge on any atom is -0.309 e. The summed E-state index contributed by atoms with van der Waals surface area (Å²) in [7, 11) is 0. The van der Waals surface area contributed by atoms with Gasteiger partial charge in [-0.1, -0.05) is 218 Å². The molecule has 13 aromatic carbocycles. The van der Waals surface area contributed by atoms with E-state index in [2.05, 4.69) is 328 Å². The summed E-state index contributed by atoms with van der Waals surface area (Å²) in [5, 5.41) is 9.27. The van der Waals surface area contributed by atoms with Gasteiger partial charge in [-0.05, 0) is 136 Å². The highest BCUT2D eigenvalue weighted by Gasteiger charge is 2.24. The van der Waals surface area contributed by atoms with Crippen LogP contribution in [0.4, 0.5) is 0 Å². The van der Waals surface area contributed by atoms with Crippen LogP contribution in [0, 0.1) is 0 Å². The fraction of sp³-hybridized carbons (Fsp3) is 0. The fourth-order valence-electron chi connectivity index (χ4n) is 14.1. The second-order valence-electron chi connectivity index (χ2n) is 22.7. The Morgan fingerprint density at radius 3 is 1.03 bits per heavy atom. The van der Waals surface area contributed by atoms with Gasteiger partial charge in [0.2, 0.25) is 11.9 Å². The number of hydrogen-bond donors (Lipinski definition) is 0. The number of benzene rings is 13. The number of nitrogens with zero attached hydrogens (tertiary/aromatic N) is 7. The molecule has 0 N–H and O–H groups in total. The quantitative estimate of drug-likeness (QED) is 0.145. The first kappa shape index (κ1) is 49.5. The van der Waals surface area contributed by atoms with Gasteiger partial charge in [0.1, 0.15) is 0 Å². The third-order valence-corrected chi connectivity index (χ3v) is 17.8. The van der Waals surface area contributed by atoms with Gasteiger partial charge in [-0.3, -0.25) is 9.13 Å². The Balaban J connectivity index is 0.855. The maximum Gasteiger partial charge on any atom is 0.240 e. The highest BCUT2D eigenvalue weighted by atomic mass is 15.3. The normalized spacial score (nSPS) is 11.9. The molecule has 0 bridgehead atoms. The lowest BCUT2D eigenvalue weighted by molar-refractivity contribution is 0.893. The molecule has 410 valence electrons. The van der Waals surface area contributed by atoms with E-state index < -0.39 is 0 Å². The van der Waals surface area contributed by atoms with E-state index in [-0.39, 0.29) is 0 Å². The van der Waals surface area contributed by atoms with Crippen molar-refractivity contribution in [2.75, 3.05) is 0 Å². The Labute approximate surface area is 506 Å². The molecule has 5 heterocycles. The van der Waals surface area contributed by atoms with Gasteiger partial charge in [0.25, 0.3) is 0 Å². The summed E-state index contributed by atoms with van der Waals surface area (Å²) in [5.74, 6) is 1.60. The first-order valence-corrected chi connectivity index (χ1v) is 29.9. The third-order valence-electron chi connectivity index (χ3n) is 17.8. The number of fused-ring (bicyclic) bond motifs is 12.